The first-order chi connectivity index (χ1) is 21.2. The van der Waals surface area contributed by atoms with E-state index >= 15 is 0 Å². The van der Waals surface area contributed by atoms with E-state index in [0.717, 1.165) is 17.2 Å². The Hall–Kier alpha value is -4.36. The first-order valence-electron chi connectivity index (χ1n) is 14.3. The molecule has 2 heterocycles. The third-order valence-electron chi connectivity index (χ3n) is 8.08. The number of carbonyl (C=O) groups is 1. The molecular formula is C32H36F3N3O7. The number of carboxylic acid groups (broad SMARTS) is 1. The molecule has 1 saturated heterocycles. The summed E-state index contributed by atoms with van der Waals surface area (Å²) in [4.78, 5) is 23.4. The van der Waals surface area contributed by atoms with Crippen molar-refractivity contribution in [1.82, 2.24) is 9.47 Å². The van der Waals surface area contributed by atoms with Crippen molar-refractivity contribution < 1.29 is 42.6 Å². The second kappa shape index (κ2) is 13.3. The highest BCUT2D eigenvalue weighted by molar-refractivity contribution is 5.87. The van der Waals surface area contributed by atoms with E-state index in [1.807, 2.05) is 13.8 Å². The van der Waals surface area contributed by atoms with Gasteiger partial charge in [0.25, 0.3) is 5.69 Å². The topological polar surface area (TPSA) is 127 Å². The number of halogens is 3. The lowest BCUT2D eigenvalue weighted by molar-refractivity contribution is -0.384. The predicted molar refractivity (Wildman–Crippen MR) is 162 cm³/mol. The molecule has 0 bridgehead atoms. The minimum Gasteiger partial charge on any atom is -0.493 e. The monoisotopic (exact) mass is 631 g/mol. The maximum Gasteiger partial charge on any atom is 0.422 e. The van der Waals surface area contributed by atoms with Crippen molar-refractivity contribution in [3.8, 4) is 11.5 Å². The van der Waals surface area contributed by atoms with Gasteiger partial charge in [-0.3, -0.25) is 19.8 Å². The van der Waals surface area contributed by atoms with Crippen LogP contribution in [0.3, 0.4) is 0 Å². The van der Waals surface area contributed by atoms with Crippen LogP contribution in [0, 0.1) is 10.1 Å². The number of aliphatic hydroxyl groups is 1. The number of nitro groups is 1. The van der Waals surface area contributed by atoms with Crippen LogP contribution in [0.2, 0.25) is 0 Å². The summed E-state index contributed by atoms with van der Waals surface area (Å²) in [5, 5.41) is 32.1. The standard InChI is InChI=1S/C32H36F3N3O7/c1-5-22(20(2)3)17-37-18-26(25-8-7-23(38(42)43)16-27(25)37)31(41,32(33,34)35)19-36-12-10-24(11-13-36)45-28-9-6-21(15-30(39)40)14-29(28)44-4/h5-9,14,16,18,24,41H,1,10-13,15,17,19H2,2-4H3,(H,39,40). The number of hydrogen-bond acceptors (Lipinski definition) is 7. The number of rotatable bonds is 12. The number of methoxy groups -OCH3 is 1. The lowest BCUT2D eigenvalue weighted by Gasteiger charge is -2.39. The smallest absolute Gasteiger partial charge is 0.422 e. The van der Waals surface area contributed by atoms with E-state index in [4.69, 9.17) is 14.6 Å². The number of fused-ring (bicyclic) bond motifs is 1. The van der Waals surface area contributed by atoms with E-state index in [1.165, 1.54) is 34.9 Å². The molecule has 2 aromatic carbocycles. The number of likely N-dealkylation sites (tertiary alicyclic amines) is 1. The Morgan fingerprint density at radius 3 is 2.40 bits per heavy atom. The van der Waals surface area contributed by atoms with Gasteiger partial charge < -0.3 is 24.3 Å². The fourth-order valence-electron chi connectivity index (χ4n) is 5.57. The Balaban J connectivity index is 1.59. The molecule has 0 saturated carbocycles. The summed E-state index contributed by atoms with van der Waals surface area (Å²) >= 11 is 0. The summed E-state index contributed by atoms with van der Waals surface area (Å²) < 4.78 is 57.3. The highest BCUT2D eigenvalue weighted by atomic mass is 19.4. The van der Waals surface area contributed by atoms with Gasteiger partial charge in [-0.15, -0.1) is 0 Å². The molecule has 3 aromatic rings. The first-order valence-corrected chi connectivity index (χ1v) is 14.3. The van der Waals surface area contributed by atoms with Gasteiger partial charge >= 0.3 is 12.1 Å². The van der Waals surface area contributed by atoms with Crippen LogP contribution in [0.5, 0.6) is 11.5 Å². The maximum absolute atomic E-state index is 14.8. The van der Waals surface area contributed by atoms with Crippen molar-refractivity contribution in [3.05, 3.63) is 87.6 Å². The lowest BCUT2D eigenvalue weighted by Crippen LogP contribution is -2.53. The third-order valence-corrected chi connectivity index (χ3v) is 8.08. The fraction of sp³-hybridized carbons (Fsp3) is 0.406. The average Bonchev–Trinajstić information content (AvgIpc) is 3.34. The van der Waals surface area contributed by atoms with Crippen LogP contribution in [0.4, 0.5) is 18.9 Å². The minimum absolute atomic E-state index is 0.0641. The number of ether oxygens (including phenoxy) is 2. The highest BCUT2D eigenvalue weighted by Gasteiger charge is 2.57. The fourth-order valence-corrected chi connectivity index (χ4v) is 5.57. The van der Waals surface area contributed by atoms with Gasteiger partial charge in [0, 0.05) is 55.5 Å². The third kappa shape index (κ3) is 7.31. The summed E-state index contributed by atoms with van der Waals surface area (Å²) in [5.41, 5.74) is -1.61. The molecule has 0 amide bonds. The number of nitro benzene ring substituents is 1. The minimum atomic E-state index is -5.07. The summed E-state index contributed by atoms with van der Waals surface area (Å²) in [6, 6.07) is 8.40. The molecule has 0 radical (unpaired) electrons. The van der Waals surface area contributed by atoms with Gasteiger partial charge in [0.2, 0.25) is 5.60 Å². The van der Waals surface area contributed by atoms with E-state index in [9.17, 15) is 33.2 Å². The predicted octanol–water partition coefficient (Wildman–Crippen LogP) is 6.00. The second-order valence-corrected chi connectivity index (χ2v) is 11.4. The number of hydrogen-bond donors (Lipinski definition) is 2. The molecule has 45 heavy (non-hydrogen) atoms. The van der Waals surface area contributed by atoms with E-state index in [0.29, 0.717) is 29.9 Å². The number of β-amino-alcohol motifs (C(OH)–C–C–N with tert-alkyl or cyclic N) is 1. The number of carboxylic acids is 1. The number of alkyl halides is 3. The van der Waals surface area contributed by atoms with Crippen LogP contribution in [0.25, 0.3) is 10.9 Å². The van der Waals surface area contributed by atoms with Gasteiger partial charge in [-0.05, 0) is 56.0 Å². The van der Waals surface area contributed by atoms with Crippen LogP contribution in [-0.2, 0) is 23.4 Å². The van der Waals surface area contributed by atoms with Gasteiger partial charge in [0.15, 0.2) is 11.5 Å². The molecule has 1 unspecified atom stereocenters. The van der Waals surface area contributed by atoms with Gasteiger partial charge in [-0.25, -0.2) is 0 Å². The number of aliphatic carboxylic acids is 1. The summed E-state index contributed by atoms with van der Waals surface area (Å²) in [6.45, 7) is 7.20. The Morgan fingerprint density at radius 1 is 1.16 bits per heavy atom. The van der Waals surface area contributed by atoms with Crippen LogP contribution in [0.1, 0.15) is 37.8 Å². The number of aromatic nitrogens is 1. The zero-order valence-electron chi connectivity index (χ0n) is 25.3. The molecule has 1 atom stereocenters. The van der Waals surface area contributed by atoms with Crippen LogP contribution in [-0.4, -0.2) is 69.6 Å². The molecule has 0 aliphatic carbocycles. The van der Waals surface area contributed by atoms with E-state index in [1.54, 1.807) is 24.3 Å². The van der Waals surface area contributed by atoms with Gasteiger partial charge in [0.05, 0.1) is 24.0 Å². The van der Waals surface area contributed by atoms with Crippen LogP contribution >= 0.6 is 0 Å². The van der Waals surface area contributed by atoms with Gasteiger partial charge in [-0.2, -0.15) is 13.2 Å². The molecule has 1 aliphatic rings. The number of non-ortho nitro benzene ring substituents is 1. The number of benzene rings is 2. The van der Waals surface area contributed by atoms with Crippen molar-refractivity contribution in [3.63, 3.8) is 0 Å². The molecule has 13 heteroatoms. The molecule has 1 aliphatic heterocycles. The van der Waals surface area contributed by atoms with E-state index in [2.05, 4.69) is 6.58 Å². The summed E-state index contributed by atoms with van der Waals surface area (Å²) in [6.07, 6.45) is -2.05. The average molecular weight is 632 g/mol. The summed E-state index contributed by atoms with van der Waals surface area (Å²) in [5.74, 6) is -0.238. The largest absolute Gasteiger partial charge is 0.493 e. The Kier molecular flexibility index (Phi) is 9.93. The Labute approximate surface area is 258 Å². The SMILES string of the molecule is C=CC(Cn1cc(C(O)(CN2CCC(Oc3ccc(CC(=O)O)cc3OC)CC2)C(F)(F)F)c2ccc([N+](=O)[O-])cc21)=C(C)C. The lowest BCUT2D eigenvalue weighted by atomic mass is 9.91. The van der Waals surface area contributed by atoms with Crippen molar-refractivity contribution in [2.45, 2.75) is 57.5 Å². The number of nitrogens with zero attached hydrogens (tertiary/aromatic N) is 3. The number of piperidine rings is 1. The molecular weight excluding hydrogens is 595 g/mol. The molecule has 2 N–H and O–H groups in total. The van der Waals surface area contributed by atoms with Crippen molar-refractivity contribution in [2.24, 2.45) is 0 Å². The molecule has 0 spiro atoms. The van der Waals surface area contributed by atoms with Crippen molar-refractivity contribution in [1.29, 1.82) is 0 Å². The highest BCUT2D eigenvalue weighted by Crippen LogP contribution is 2.44. The van der Waals surface area contributed by atoms with Crippen molar-refractivity contribution >= 4 is 22.6 Å². The zero-order chi connectivity index (χ0) is 33.1. The van der Waals surface area contributed by atoms with Crippen LogP contribution in [0.15, 0.2) is 66.4 Å². The molecule has 1 aromatic heterocycles. The molecule has 4 rings (SSSR count). The van der Waals surface area contributed by atoms with Gasteiger partial charge in [-0.1, -0.05) is 24.3 Å². The molecule has 1 fully saturated rings. The quantitative estimate of drug-likeness (QED) is 0.142. The van der Waals surface area contributed by atoms with E-state index in [-0.39, 0.29) is 54.3 Å². The van der Waals surface area contributed by atoms with Crippen molar-refractivity contribution in [2.75, 3.05) is 26.7 Å². The summed E-state index contributed by atoms with van der Waals surface area (Å²) in [7, 11) is 1.43. The Bertz CT molecular complexity index is 1620. The van der Waals surface area contributed by atoms with Crippen LogP contribution < -0.4 is 9.47 Å². The van der Waals surface area contributed by atoms with Gasteiger partial charge in [0.1, 0.15) is 6.10 Å². The Morgan fingerprint density at radius 2 is 1.84 bits per heavy atom. The molecule has 10 nitrogen and oxygen atoms in total. The maximum atomic E-state index is 14.8. The van der Waals surface area contributed by atoms with E-state index < -0.39 is 29.2 Å². The number of allylic oxidation sites excluding steroid dienone is 3. The first kappa shape index (κ1) is 33.5. The zero-order valence-corrected chi connectivity index (χ0v) is 25.3. The normalized spacial score (nSPS) is 15.8. The second-order valence-electron chi connectivity index (χ2n) is 11.4. The molecule has 242 valence electrons.